The second-order valence-corrected chi connectivity index (χ2v) is 4.37. The van der Waals surface area contributed by atoms with Crippen LogP contribution in [0.1, 0.15) is 21.5 Å². The predicted octanol–water partition coefficient (Wildman–Crippen LogP) is 0.711. The smallest absolute Gasteiger partial charge is 0.339 e. The van der Waals surface area contributed by atoms with Gasteiger partial charge in [-0.1, -0.05) is 6.07 Å². The standard InChI is InChI=1S/C15H13FN2O3/c1-21-13-7-12(17)10(6-11(13)15(19)20)14(18)8-3-2-4-9(16)5-8/h2-7,18H,17H2,1H3,(H,19,20)/p+1. The molecule has 0 aliphatic rings. The zero-order valence-corrected chi connectivity index (χ0v) is 11.3. The van der Waals surface area contributed by atoms with Crippen LogP contribution in [-0.2, 0) is 0 Å². The third-order valence-electron chi connectivity index (χ3n) is 3.03. The lowest BCUT2D eigenvalue weighted by atomic mass is 9.98. The molecule has 0 saturated heterocycles. The number of hydrogen-bond donors (Lipinski definition) is 3. The fourth-order valence-electron chi connectivity index (χ4n) is 1.98. The first kappa shape index (κ1) is 14.5. The van der Waals surface area contributed by atoms with E-state index in [9.17, 15) is 14.3 Å². The van der Waals surface area contributed by atoms with E-state index in [1.807, 2.05) is 0 Å². The van der Waals surface area contributed by atoms with Gasteiger partial charge in [0.15, 0.2) is 0 Å². The Hall–Kier alpha value is -2.89. The molecule has 2 aromatic carbocycles. The van der Waals surface area contributed by atoms with Crippen LogP contribution in [0.3, 0.4) is 0 Å². The maximum Gasteiger partial charge on any atom is 0.339 e. The highest BCUT2D eigenvalue weighted by atomic mass is 19.1. The first-order chi connectivity index (χ1) is 9.93. The molecular weight excluding hydrogens is 275 g/mol. The molecule has 0 radical (unpaired) electrons. The van der Waals surface area contributed by atoms with Gasteiger partial charge in [0.05, 0.1) is 12.7 Å². The number of carboxylic acids is 1. The number of rotatable bonds is 4. The summed E-state index contributed by atoms with van der Waals surface area (Å²) < 4.78 is 18.2. The minimum Gasteiger partial charge on any atom is -0.496 e. The van der Waals surface area contributed by atoms with Crippen LogP contribution in [-0.4, -0.2) is 23.9 Å². The summed E-state index contributed by atoms with van der Waals surface area (Å²) in [6.45, 7) is 0. The Morgan fingerprint density at radius 3 is 2.57 bits per heavy atom. The first-order valence-corrected chi connectivity index (χ1v) is 6.03. The number of ether oxygens (including phenoxy) is 1. The van der Waals surface area contributed by atoms with Crippen molar-refractivity contribution in [1.29, 1.82) is 0 Å². The molecule has 0 aliphatic heterocycles. The van der Waals surface area contributed by atoms with Crippen molar-refractivity contribution in [2.75, 3.05) is 12.8 Å². The lowest BCUT2D eigenvalue weighted by Crippen LogP contribution is -2.41. The van der Waals surface area contributed by atoms with Gasteiger partial charge in [-0.3, -0.25) is 5.41 Å². The molecule has 2 rings (SSSR count). The van der Waals surface area contributed by atoms with Crippen LogP contribution in [0.5, 0.6) is 5.75 Å². The summed E-state index contributed by atoms with van der Waals surface area (Å²) in [5.41, 5.74) is 6.98. The first-order valence-electron chi connectivity index (χ1n) is 6.03. The molecule has 108 valence electrons. The van der Waals surface area contributed by atoms with Crippen molar-refractivity contribution in [3.05, 3.63) is 58.9 Å². The summed E-state index contributed by atoms with van der Waals surface area (Å²) in [5.74, 6) is -1.48. The van der Waals surface area contributed by atoms with Crippen molar-refractivity contribution in [2.45, 2.75) is 0 Å². The predicted molar refractivity (Wildman–Crippen MR) is 75.9 cm³/mol. The van der Waals surface area contributed by atoms with Gasteiger partial charge in [-0.05, 0) is 24.3 Å². The van der Waals surface area contributed by atoms with E-state index < -0.39 is 11.8 Å². The highest BCUT2D eigenvalue weighted by molar-refractivity contribution is 6.13. The van der Waals surface area contributed by atoms with E-state index in [1.165, 1.54) is 37.4 Å². The number of methoxy groups -OCH3 is 1. The van der Waals surface area contributed by atoms with Gasteiger partial charge in [0, 0.05) is 17.3 Å². The van der Waals surface area contributed by atoms with Crippen LogP contribution < -0.4 is 15.9 Å². The van der Waals surface area contributed by atoms with Gasteiger partial charge in [-0.25, -0.2) is 9.18 Å². The number of hydrogen-bond acceptors (Lipinski definition) is 3. The van der Waals surface area contributed by atoms with E-state index in [0.29, 0.717) is 11.1 Å². The van der Waals surface area contributed by atoms with Gasteiger partial charge >= 0.3 is 5.97 Å². The van der Waals surface area contributed by atoms with Crippen LogP contribution in [0.15, 0.2) is 36.4 Å². The normalized spacial score (nSPS) is 10.2. The Morgan fingerprint density at radius 2 is 2.00 bits per heavy atom. The summed E-state index contributed by atoms with van der Waals surface area (Å²) in [5, 5.41) is 15.2. The van der Waals surface area contributed by atoms with Crippen LogP contribution in [0, 0.1) is 5.82 Å². The minimum atomic E-state index is -1.17. The summed E-state index contributed by atoms with van der Waals surface area (Å²) in [4.78, 5) is 11.2. The third-order valence-corrected chi connectivity index (χ3v) is 3.03. The van der Waals surface area contributed by atoms with Gasteiger partial charge in [0.1, 0.15) is 17.1 Å². The molecule has 0 aliphatic carbocycles. The van der Waals surface area contributed by atoms with E-state index >= 15 is 0 Å². The van der Waals surface area contributed by atoms with Crippen LogP contribution in [0.4, 0.5) is 10.1 Å². The van der Waals surface area contributed by atoms with Gasteiger partial charge in [0.2, 0.25) is 5.71 Å². The largest absolute Gasteiger partial charge is 0.496 e. The third kappa shape index (κ3) is 2.84. The van der Waals surface area contributed by atoms with Crippen molar-refractivity contribution in [1.82, 2.24) is 0 Å². The molecule has 21 heavy (non-hydrogen) atoms. The summed E-state index contributed by atoms with van der Waals surface area (Å²) in [6.07, 6.45) is 0. The zero-order valence-electron chi connectivity index (χ0n) is 11.3. The fourth-order valence-corrected chi connectivity index (χ4v) is 1.98. The molecule has 0 atom stereocenters. The van der Waals surface area contributed by atoms with E-state index in [2.05, 4.69) is 0 Å². The maximum atomic E-state index is 13.3. The summed E-state index contributed by atoms with van der Waals surface area (Å²) in [7, 11) is 1.35. The average Bonchev–Trinajstić information content (AvgIpc) is 2.45. The molecule has 2 aromatic rings. The van der Waals surface area contributed by atoms with Crippen LogP contribution in [0.25, 0.3) is 0 Å². The fraction of sp³-hybridized carbons (Fsp3) is 0.0667. The molecule has 0 heterocycles. The maximum absolute atomic E-state index is 13.3. The number of nitrogen functional groups attached to an aromatic ring is 1. The van der Waals surface area contributed by atoms with Gasteiger partial charge in [-0.2, -0.15) is 0 Å². The Labute approximate surface area is 120 Å². The highest BCUT2D eigenvalue weighted by Crippen LogP contribution is 2.26. The lowest BCUT2D eigenvalue weighted by molar-refractivity contribution is -0.111. The quantitative estimate of drug-likeness (QED) is 0.570. The number of aromatic carboxylic acids is 1. The minimum absolute atomic E-state index is 0.0685. The molecule has 0 bridgehead atoms. The van der Waals surface area contributed by atoms with Gasteiger partial charge in [-0.15, -0.1) is 0 Å². The van der Waals surface area contributed by atoms with Gasteiger partial charge in [0.25, 0.3) is 0 Å². The second-order valence-electron chi connectivity index (χ2n) is 4.37. The molecule has 0 aromatic heterocycles. The van der Waals surface area contributed by atoms with Crippen molar-refractivity contribution in [3.63, 3.8) is 0 Å². The van der Waals surface area contributed by atoms with Crippen molar-refractivity contribution in [3.8, 4) is 5.75 Å². The SMILES string of the molecule is COc1cc(N)c(C(=[NH2+])c2cccc(F)c2)cc1C(=O)O. The summed E-state index contributed by atoms with van der Waals surface area (Å²) in [6, 6.07) is 8.36. The number of anilines is 1. The van der Waals surface area contributed by atoms with Gasteiger partial charge < -0.3 is 15.6 Å². The average molecular weight is 289 g/mol. The molecule has 0 unspecified atom stereocenters. The van der Waals surface area contributed by atoms with Crippen LogP contribution in [0.2, 0.25) is 0 Å². The number of carboxylic acid groups (broad SMARTS) is 1. The Morgan fingerprint density at radius 1 is 1.29 bits per heavy atom. The number of benzene rings is 2. The van der Waals surface area contributed by atoms with E-state index in [0.717, 1.165) is 0 Å². The highest BCUT2D eigenvalue weighted by Gasteiger charge is 2.20. The monoisotopic (exact) mass is 289 g/mol. The van der Waals surface area contributed by atoms with E-state index in [4.69, 9.17) is 15.9 Å². The number of halogens is 1. The molecule has 5 N–H and O–H groups in total. The Kier molecular flexibility index (Phi) is 3.89. The molecule has 0 saturated carbocycles. The van der Waals surface area contributed by atoms with E-state index in [-0.39, 0.29) is 22.7 Å². The Bertz CT molecular complexity index is 729. The molecule has 5 nitrogen and oxygen atoms in total. The number of carbonyl (C=O) groups is 1. The molecule has 0 spiro atoms. The second kappa shape index (κ2) is 5.62. The summed E-state index contributed by atoms with van der Waals surface area (Å²) >= 11 is 0. The van der Waals surface area contributed by atoms with Crippen molar-refractivity contribution < 1.29 is 24.4 Å². The molecule has 0 fully saturated rings. The van der Waals surface area contributed by atoms with Crippen LogP contribution >= 0.6 is 0 Å². The topological polar surface area (TPSA) is 98.1 Å². The molecular formula is C15H14FN2O3+. The Balaban J connectivity index is 2.56. The van der Waals surface area contributed by atoms with Crippen molar-refractivity contribution >= 4 is 17.4 Å². The number of nitrogens with two attached hydrogens (primary N) is 2. The lowest BCUT2D eigenvalue weighted by Gasteiger charge is -2.10. The zero-order chi connectivity index (χ0) is 15.6. The molecule has 0 amide bonds. The van der Waals surface area contributed by atoms with Crippen molar-refractivity contribution in [2.24, 2.45) is 0 Å². The van der Waals surface area contributed by atoms with E-state index in [1.54, 1.807) is 6.07 Å². The molecule has 6 heteroatoms.